The van der Waals surface area contributed by atoms with Crippen LogP contribution in [0.5, 0.6) is 0 Å². The van der Waals surface area contributed by atoms with Gasteiger partial charge >= 0.3 is 0 Å². The predicted octanol–water partition coefficient (Wildman–Crippen LogP) is 5.50. The molecule has 96 valence electrons. The highest BCUT2D eigenvalue weighted by Gasteiger charge is 2.08. The first kappa shape index (κ1) is 13.1. The van der Waals surface area contributed by atoms with E-state index in [4.69, 9.17) is 23.2 Å². The zero-order valence-corrected chi connectivity index (χ0v) is 13.2. The summed E-state index contributed by atoms with van der Waals surface area (Å²) in [5.41, 5.74) is 0.843. The molecule has 0 fully saturated rings. The van der Waals surface area contributed by atoms with Gasteiger partial charge in [-0.3, -0.25) is 0 Å². The number of hydrogen-bond acceptors (Lipinski definition) is 4. The van der Waals surface area contributed by atoms with Crippen molar-refractivity contribution in [3.63, 3.8) is 0 Å². The van der Waals surface area contributed by atoms with Crippen molar-refractivity contribution in [3.05, 3.63) is 44.4 Å². The molecule has 7 heteroatoms. The van der Waals surface area contributed by atoms with Crippen molar-refractivity contribution in [2.24, 2.45) is 0 Å². The fourth-order valence-electron chi connectivity index (χ4n) is 1.64. The van der Waals surface area contributed by atoms with Gasteiger partial charge in [-0.2, -0.15) is 4.98 Å². The Morgan fingerprint density at radius 3 is 2.79 bits per heavy atom. The summed E-state index contributed by atoms with van der Waals surface area (Å²) in [6.07, 6.45) is 0. The van der Waals surface area contributed by atoms with Gasteiger partial charge in [0.15, 0.2) is 0 Å². The van der Waals surface area contributed by atoms with Crippen LogP contribution >= 0.6 is 50.5 Å². The second-order valence-electron chi connectivity index (χ2n) is 3.73. The van der Waals surface area contributed by atoms with E-state index in [9.17, 15) is 0 Å². The van der Waals surface area contributed by atoms with Gasteiger partial charge in [0.25, 0.3) is 0 Å². The molecule has 0 aliphatic heterocycles. The van der Waals surface area contributed by atoms with E-state index in [-0.39, 0.29) is 5.28 Å². The van der Waals surface area contributed by atoms with E-state index in [1.165, 1.54) is 11.3 Å². The summed E-state index contributed by atoms with van der Waals surface area (Å²) in [7, 11) is 0. The van der Waals surface area contributed by atoms with Crippen LogP contribution < -0.4 is 5.32 Å². The highest BCUT2D eigenvalue weighted by atomic mass is 79.9. The molecule has 0 bridgehead atoms. The van der Waals surface area contributed by atoms with E-state index in [1.54, 1.807) is 0 Å². The maximum Gasteiger partial charge on any atom is 0.225 e. The third-order valence-corrected chi connectivity index (χ3v) is 4.69. The Hall–Kier alpha value is -0.880. The molecule has 19 heavy (non-hydrogen) atoms. The number of anilines is 2. The molecule has 0 amide bonds. The van der Waals surface area contributed by atoms with E-state index in [1.807, 2.05) is 29.6 Å². The molecule has 2 heterocycles. The van der Waals surface area contributed by atoms with E-state index in [2.05, 4.69) is 31.2 Å². The Labute approximate surface area is 131 Å². The monoisotopic (exact) mass is 373 g/mol. The van der Waals surface area contributed by atoms with E-state index >= 15 is 0 Å². The van der Waals surface area contributed by atoms with Gasteiger partial charge in [-0.15, -0.1) is 11.3 Å². The minimum atomic E-state index is 0.223. The largest absolute Gasteiger partial charge is 0.339 e. The van der Waals surface area contributed by atoms with Gasteiger partial charge in [-0.1, -0.05) is 11.6 Å². The Bertz CT molecular complexity index is 760. The van der Waals surface area contributed by atoms with Gasteiger partial charge in [0.1, 0.15) is 10.6 Å². The highest BCUT2D eigenvalue weighted by molar-refractivity contribution is 9.10. The number of benzene rings is 1. The fraction of sp³-hybridized carbons (Fsp3) is 0. The second-order valence-corrected chi connectivity index (χ2v) is 6.23. The summed E-state index contributed by atoms with van der Waals surface area (Å²) < 4.78 is 0.848. The molecular formula is C12H6BrCl2N3S. The van der Waals surface area contributed by atoms with Gasteiger partial charge < -0.3 is 5.32 Å². The first-order valence-electron chi connectivity index (χ1n) is 5.26. The van der Waals surface area contributed by atoms with Crippen molar-refractivity contribution in [1.29, 1.82) is 0 Å². The summed E-state index contributed by atoms with van der Waals surface area (Å²) >= 11 is 16.9. The molecule has 3 aromatic rings. The number of thiophene rings is 1. The van der Waals surface area contributed by atoms with Gasteiger partial charge in [0.05, 0.1) is 10.4 Å². The van der Waals surface area contributed by atoms with Gasteiger partial charge in [0.2, 0.25) is 5.28 Å². The van der Waals surface area contributed by atoms with E-state index in [0.29, 0.717) is 10.8 Å². The Morgan fingerprint density at radius 1 is 1.16 bits per heavy atom. The zero-order valence-electron chi connectivity index (χ0n) is 9.32. The molecule has 3 rings (SSSR count). The SMILES string of the molecule is Clc1nc(Nc2ccc(Br)c(Cl)c2)c2ccsc2n1. The maximum atomic E-state index is 6.06. The number of hydrogen-bond donors (Lipinski definition) is 1. The lowest BCUT2D eigenvalue weighted by Gasteiger charge is -2.08. The van der Waals surface area contributed by atoms with E-state index < -0.39 is 0 Å². The van der Waals surface area contributed by atoms with Crippen LogP contribution in [0.3, 0.4) is 0 Å². The Morgan fingerprint density at radius 2 is 2.00 bits per heavy atom. The van der Waals surface area contributed by atoms with Gasteiger partial charge in [0, 0.05) is 10.2 Å². The first-order chi connectivity index (χ1) is 9.13. The van der Waals surface area contributed by atoms with Crippen LogP contribution in [0.1, 0.15) is 0 Å². The van der Waals surface area contributed by atoms with Crippen LogP contribution in [-0.4, -0.2) is 9.97 Å². The van der Waals surface area contributed by atoms with Crippen LogP contribution in [0.2, 0.25) is 10.3 Å². The molecule has 0 atom stereocenters. The zero-order chi connectivity index (χ0) is 13.4. The van der Waals surface area contributed by atoms with Crippen molar-refractivity contribution in [1.82, 2.24) is 9.97 Å². The number of aromatic nitrogens is 2. The summed E-state index contributed by atoms with van der Waals surface area (Å²) in [5, 5.41) is 6.95. The molecule has 0 saturated carbocycles. The maximum absolute atomic E-state index is 6.06. The van der Waals surface area contributed by atoms with Crippen molar-refractivity contribution in [2.45, 2.75) is 0 Å². The lowest BCUT2D eigenvalue weighted by molar-refractivity contribution is 1.23. The highest BCUT2D eigenvalue weighted by Crippen LogP contribution is 2.31. The van der Waals surface area contributed by atoms with Crippen LogP contribution in [0, 0.1) is 0 Å². The second kappa shape index (κ2) is 5.25. The molecule has 0 saturated heterocycles. The summed E-state index contributed by atoms with van der Waals surface area (Å²) in [5.74, 6) is 0.676. The quantitative estimate of drug-likeness (QED) is 0.601. The molecule has 2 aromatic heterocycles. The third kappa shape index (κ3) is 2.69. The summed E-state index contributed by atoms with van der Waals surface area (Å²) in [6, 6.07) is 7.56. The molecule has 3 nitrogen and oxygen atoms in total. The van der Waals surface area contributed by atoms with Crippen LogP contribution in [0.15, 0.2) is 34.1 Å². The number of rotatable bonds is 2. The topological polar surface area (TPSA) is 37.8 Å². The molecule has 0 radical (unpaired) electrons. The number of halogens is 3. The minimum absolute atomic E-state index is 0.223. The molecule has 1 N–H and O–H groups in total. The Kier molecular flexibility index (Phi) is 3.62. The molecular weight excluding hydrogens is 369 g/mol. The van der Waals surface area contributed by atoms with E-state index in [0.717, 1.165) is 20.4 Å². The summed E-state index contributed by atoms with van der Waals surface area (Å²) in [4.78, 5) is 9.24. The smallest absolute Gasteiger partial charge is 0.225 e. The van der Waals surface area contributed by atoms with Crippen molar-refractivity contribution < 1.29 is 0 Å². The standard InChI is InChI=1S/C12H6BrCl2N3S/c13-8-2-1-6(5-9(8)14)16-10-7-3-4-19-11(7)18-12(15)17-10/h1-5H,(H,16,17,18). The lowest BCUT2D eigenvalue weighted by Crippen LogP contribution is -1.95. The van der Waals surface area contributed by atoms with Crippen molar-refractivity contribution in [3.8, 4) is 0 Å². The first-order valence-corrected chi connectivity index (χ1v) is 7.69. The minimum Gasteiger partial charge on any atom is -0.339 e. The Balaban J connectivity index is 2.04. The van der Waals surface area contributed by atoms with Crippen LogP contribution in [0.4, 0.5) is 11.5 Å². The van der Waals surface area contributed by atoms with Gasteiger partial charge in [-0.05, 0) is 57.2 Å². The third-order valence-electron chi connectivity index (χ3n) is 2.48. The predicted molar refractivity (Wildman–Crippen MR) is 84.9 cm³/mol. The molecule has 0 aliphatic rings. The average molecular weight is 375 g/mol. The molecule has 1 aromatic carbocycles. The van der Waals surface area contributed by atoms with Crippen molar-refractivity contribution in [2.75, 3.05) is 5.32 Å². The normalized spacial score (nSPS) is 10.9. The fourth-order valence-corrected chi connectivity index (χ4v) is 3.05. The van der Waals surface area contributed by atoms with Gasteiger partial charge in [-0.25, -0.2) is 4.98 Å². The lowest BCUT2D eigenvalue weighted by atomic mass is 10.3. The van der Waals surface area contributed by atoms with Crippen LogP contribution in [-0.2, 0) is 0 Å². The van der Waals surface area contributed by atoms with Crippen molar-refractivity contribution >= 4 is 72.2 Å². The number of nitrogens with one attached hydrogen (secondary N) is 1. The number of nitrogens with zero attached hydrogens (tertiary/aromatic N) is 2. The van der Waals surface area contributed by atoms with Crippen LogP contribution in [0.25, 0.3) is 10.2 Å². The average Bonchev–Trinajstić information content (AvgIpc) is 2.82. The molecule has 0 spiro atoms. The summed E-state index contributed by atoms with van der Waals surface area (Å²) in [6.45, 7) is 0. The molecule has 0 aliphatic carbocycles. The molecule has 0 unspecified atom stereocenters. The number of fused-ring (bicyclic) bond motifs is 1.